The molecule has 3 N–H and O–H groups in total. The Morgan fingerprint density at radius 3 is 2.70 bits per heavy atom. The van der Waals surface area contributed by atoms with Crippen molar-refractivity contribution < 1.29 is 23.0 Å². The van der Waals surface area contributed by atoms with Crippen molar-refractivity contribution in [3.63, 3.8) is 0 Å². The molecule has 1 atom stereocenters. The molecule has 0 bridgehead atoms. The lowest BCUT2D eigenvalue weighted by molar-refractivity contribution is -0.235. The number of ether oxygens (including phenoxy) is 1. The molecule has 0 amide bonds. The second kappa shape index (κ2) is 7.37. The van der Waals surface area contributed by atoms with Crippen LogP contribution in [0.4, 0.5) is 13.2 Å². The molecule has 6 heteroatoms. The van der Waals surface area contributed by atoms with E-state index >= 15 is 0 Å². The third-order valence-electron chi connectivity index (χ3n) is 4.77. The summed E-state index contributed by atoms with van der Waals surface area (Å²) in [7, 11) is 0. The van der Waals surface area contributed by atoms with Gasteiger partial charge in [-0.1, -0.05) is 36.4 Å². The van der Waals surface area contributed by atoms with Crippen LogP contribution < -0.4 is 5.73 Å². The topological polar surface area (TPSA) is 55.5 Å². The van der Waals surface area contributed by atoms with Crippen molar-refractivity contribution >= 4 is 22.6 Å². The van der Waals surface area contributed by atoms with Crippen LogP contribution in [-0.2, 0) is 11.2 Å². The average molecular weight is 377 g/mol. The van der Waals surface area contributed by atoms with E-state index in [1.165, 1.54) is 5.56 Å². The maximum Gasteiger partial charge on any atom is 0.422 e. The Bertz CT molecular complexity index is 902. The van der Waals surface area contributed by atoms with Gasteiger partial charge >= 0.3 is 6.18 Å². The Labute approximate surface area is 155 Å². The van der Waals surface area contributed by atoms with Crippen molar-refractivity contribution in [1.82, 2.24) is 0 Å². The molecule has 1 aliphatic rings. The van der Waals surface area contributed by atoms with Gasteiger partial charge in [0.05, 0.1) is 6.61 Å². The summed E-state index contributed by atoms with van der Waals surface area (Å²) >= 11 is 0. The van der Waals surface area contributed by atoms with Crippen LogP contribution in [0.25, 0.3) is 22.6 Å². The summed E-state index contributed by atoms with van der Waals surface area (Å²) in [6.45, 7) is 0.847. The normalized spacial score (nSPS) is 16.9. The van der Waals surface area contributed by atoms with Gasteiger partial charge in [-0.3, -0.25) is 0 Å². The Morgan fingerprint density at radius 1 is 1.26 bits per heavy atom. The highest BCUT2D eigenvalue weighted by Crippen LogP contribution is 2.35. The fourth-order valence-corrected chi connectivity index (χ4v) is 3.24. The van der Waals surface area contributed by atoms with Crippen LogP contribution in [0.2, 0.25) is 0 Å². The van der Waals surface area contributed by atoms with Gasteiger partial charge in [-0.25, -0.2) is 0 Å². The zero-order valence-corrected chi connectivity index (χ0v) is 15.0. The summed E-state index contributed by atoms with van der Waals surface area (Å²) in [6, 6.07) is 9.36. The number of allylic oxidation sites excluding steroid dienone is 1. The standard InChI is InChI=1S/C21H22F3NO2/c1-2-27-19(12-20(26,13-25)21(22,23)24)16-9-10-18-15(11-16)8-7-14-5-3-4-6-17(14)18/h4,6-12,26H,2-3,5,13,25H2,1H3/b19-12-. The van der Waals surface area contributed by atoms with Gasteiger partial charge in [0.15, 0.2) is 5.60 Å². The third-order valence-corrected chi connectivity index (χ3v) is 4.77. The first-order valence-corrected chi connectivity index (χ1v) is 8.86. The van der Waals surface area contributed by atoms with Gasteiger partial charge in [0.25, 0.3) is 0 Å². The van der Waals surface area contributed by atoms with E-state index in [9.17, 15) is 18.3 Å². The molecule has 2 aromatic carbocycles. The number of aryl methyl sites for hydroxylation is 1. The summed E-state index contributed by atoms with van der Waals surface area (Å²) in [4.78, 5) is 0. The highest BCUT2D eigenvalue weighted by atomic mass is 19.4. The van der Waals surface area contributed by atoms with Crippen molar-refractivity contribution in [2.75, 3.05) is 13.2 Å². The van der Waals surface area contributed by atoms with Gasteiger partial charge < -0.3 is 15.6 Å². The van der Waals surface area contributed by atoms with Crippen LogP contribution in [0.15, 0.2) is 42.5 Å². The maximum absolute atomic E-state index is 13.2. The van der Waals surface area contributed by atoms with Crippen LogP contribution >= 0.6 is 0 Å². The van der Waals surface area contributed by atoms with Crippen LogP contribution in [-0.4, -0.2) is 30.0 Å². The zero-order valence-electron chi connectivity index (χ0n) is 15.0. The monoisotopic (exact) mass is 377 g/mol. The number of nitrogens with two attached hydrogens (primary N) is 1. The fourth-order valence-electron chi connectivity index (χ4n) is 3.24. The van der Waals surface area contributed by atoms with Crippen LogP contribution in [0.5, 0.6) is 0 Å². The van der Waals surface area contributed by atoms with Crippen molar-refractivity contribution in [1.29, 1.82) is 0 Å². The summed E-state index contributed by atoms with van der Waals surface area (Å²) in [6.07, 6.45) is 1.94. The van der Waals surface area contributed by atoms with Crippen molar-refractivity contribution in [2.45, 2.75) is 31.5 Å². The molecule has 0 fully saturated rings. The number of rotatable bonds is 5. The number of benzene rings is 2. The molecule has 144 valence electrons. The Balaban J connectivity index is 2.10. The molecule has 0 spiro atoms. The average Bonchev–Trinajstić information content (AvgIpc) is 2.66. The van der Waals surface area contributed by atoms with Crippen molar-refractivity contribution in [3.8, 4) is 0 Å². The first-order valence-electron chi connectivity index (χ1n) is 8.86. The molecule has 2 aromatic rings. The molecule has 0 aromatic heterocycles. The molecular formula is C21H22F3NO2. The Kier molecular flexibility index (Phi) is 5.31. The molecule has 0 saturated heterocycles. The SMILES string of the molecule is CCO/C(=C\C(O)(CN)C(F)(F)F)c1ccc2c3c(ccc2c1)CCC=C3. The fraction of sp³-hybridized carbons (Fsp3) is 0.333. The summed E-state index contributed by atoms with van der Waals surface area (Å²) < 4.78 is 45.1. The minimum atomic E-state index is -4.90. The van der Waals surface area contributed by atoms with Crippen LogP contribution in [0.3, 0.4) is 0 Å². The Morgan fingerprint density at radius 2 is 2.04 bits per heavy atom. The van der Waals surface area contributed by atoms with E-state index in [1.54, 1.807) is 19.1 Å². The zero-order chi connectivity index (χ0) is 19.7. The van der Waals surface area contributed by atoms with Gasteiger partial charge in [0.1, 0.15) is 5.76 Å². The van der Waals surface area contributed by atoms with E-state index < -0.39 is 18.3 Å². The molecule has 1 aliphatic carbocycles. The third kappa shape index (κ3) is 3.73. The number of halogens is 3. The molecule has 0 saturated carbocycles. The first-order chi connectivity index (χ1) is 12.8. The smallest absolute Gasteiger partial charge is 0.422 e. The highest BCUT2D eigenvalue weighted by Gasteiger charge is 2.51. The molecule has 3 nitrogen and oxygen atoms in total. The molecule has 1 unspecified atom stereocenters. The largest absolute Gasteiger partial charge is 0.493 e. The highest BCUT2D eigenvalue weighted by molar-refractivity contribution is 5.94. The van der Waals surface area contributed by atoms with Crippen molar-refractivity contribution in [3.05, 3.63) is 59.2 Å². The summed E-state index contributed by atoms with van der Waals surface area (Å²) in [5.41, 5.74) is 4.91. The lowest BCUT2D eigenvalue weighted by Crippen LogP contribution is -2.49. The lowest BCUT2D eigenvalue weighted by atomic mass is 9.91. The number of aliphatic hydroxyl groups is 1. The first kappa shape index (κ1) is 19.5. The predicted molar refractivity (Wildman–Crippen MR) is 101 cm³/mol. The maximum atomic E-state index is 13.2. The second-order valence-electron chi connectivity index (χ2n) is 6.58. The van der Waals surface area contributed by atoms with Gasteiger partial charge in [-0.05, 0) is 47.7 Å². The van der Waals surface area contributed by atoms with Crippen LogP contribution in [0.1, 0.15) is 30.0 Å². The minimum absolute atomic E-state index is 0.0436. The van der Waals surface area contributed by atoms with Gasteiger partial charge in [0.2, 0.25) is 0 Å². The van der Waals surface area contributed by atoms with Crippen molar-refractivity contribution in [2.24, 2.45) is 5.73 Å². The van der Waals surface area contributed by atoms with E-state index in [0.29, 0.717) is 11.6 Å². The summed E-state index contributed by atoms with van der Waals surface area (Å²) in [5.74, 6) is -0.0436. The molecule has 0 radical (unpaired) electrons. The minimum Gasteiger partial charge on any atom is -0.493 e. The van der Waals surface area contributed by atoms with E-state index in [-0.39, 0.29) is 12.4 Å². The molecule has 0 heterocycles. The lowest BCUT2D eigenvalue weighted by Gasteiger charge is -2.27. The van der Waals surface area contributed by atoms with Gasteiger partial charge in [-0.2, -0.15) is 13.2 Å². The quantitative estimate of drug-likeness (QED) is 0.758. The number of hydrogen-bond acceptors (Lipinski definition) is 3. The molecule has 0 aliphatic heterocycles. The predicted octanol–water partition coefficient (Wildman–Crippen LogP) is 4.43. The molecular weight excluding hydrogens is 355 g/mol. The van der Waals surface area contributed by atoms with E-state index in [4.69, 9.17) is 10.5 Å². The number of fused-ring (bicyclic) bond motifs is 3. The molecule has 27 heavy (non-hydrogen) atoms. The molecule has 3 rings (SSSR count). The van der Waals surface area contributed by atoms with E-state index in [2.05, 4.69) is 12.2 Å². The van der Waals surface area contributed by atoms with Gasteiger partial charge in [-0.15, -0.1) is 0 Å². The van der Waals surface area contributed by atoms with E-state index in [0.717, 1.165) is 29.2 Å². The number of alkyl halides is 3. The van der Waals surface area contributed by atoms with Crippen LogP contribution in [0, 0.1) is 0 Å². The van der Waals surface area contributed by atoms with E-state index in [1.807, 2.05) is 18.2 Å². The number of hydrogen-bond donors (Lipinski definition) is 2. The van der Waals surface area contributed by atoms with Gasteiger partial charge in [0, 0.05) is 18.2 Å². The second-order valence-corrected chi connectivity index (χ2v) is 6.58. The Hall–Kier alpha value is -2.31. The summed E-state index contributed by atoms with van der Waals surface area (Å²) in [5, 5.41) is 11.9.